The first kappa shape index (κ1) is 15.9. The van der Waals surface area contributed by atoms with Crippen molar-refractivity contribution < 1.29 is 4.74 Å². The number of pyridine rings is 1. The highest BCUT2D eigenvalue weighted by molar-refractivity contribution is 5.41. The molecule has 0 bridgehead atoms. The fourth-order valence-corrected chi connectivity index (χ4v) is 2.44. The molecule has 0 spiro atoms. The normalized spacial score (nSPS) is 13.4. The van der Waals surface area contributed by atoms with E-state index in [4.69, 9.17) is 10.6 Å². The number of hydrogen-bond acceptors (Lipinski definition) is 4. The first-order valence-electron chi connectivity index (χ1n) is 6.73. The molecule has 1 atom stereocenters. The molecule has 1 aromatic rings. The second kappa shape index (κ2) is 6.35. The number of methoxy groups -OCH3 is 1. The topological polar surface area (TPSA) is 60.2 Å². The van der Waals surface area contributed by atoms with Gasteiger partial charge in [-0.1, -0.05) is 20.8 Å². The van der Waals surface area contributed by atoms with Crippen molar-refractivity contribution in [1.29, 1.82) is 0 Å². The van der Waals surface area contributed by atoms with E-state index in [9.17, 15) is 0 Å². The zero-order chi connectivity index (χ0) is 14.6. The van der Waals surface area contributed by atoms with Crippen LogP contribution in [0.3, 0.4) is 0 Å². The Bertz CT molecular complexity index is 424. The molecule has 0 aromatic carbocycles. The van der Waals surface area contributed by atoms with Gasteiger partial charge >= 0.3 is 0 Å². The minimum absolute atomic E-state index is 0.221. The summed E-state index contributed by atoms with van der Waals surface area (Å²) in [5.74, 6) is 6.60. The van der Waals surface area contributed by atoms with E-state index in [1.54, 1.807) is 7.11 Å². The summed E-state index contributed by atoms with van der Waals surface area (Å²) in [5.41, 5.74) is 6.37. The first-order valence-corrected chi connectivity index (χ1v) is 6.73. The van der Waals surface area contributed by atoms with Gasteiger partial charge in [-0.05, 0) is 25.7 Å². The van der Waals surface area contributed by atoms with Gasteiger partial charge in [0.15, 0.2) is 0 Å². The highest BCUT2D eigenvalue weighted by Gasteiger charge is 2.20. The van der Waals surface area contributed by atoms with Crippen molar-refractivity contribution in [1.82, 2.24) is 10.4 Å². The molecule has 0 saturated carbocycles. The van der Waals surface area contributed by atoms with Gasteiger partial charge in [0.1, 0.15) is 5.75 Å². The molecule has 1 unspecified atom stereocenters. The SMILES string of the molecule is COc1c(C)cnc(CC(CC(C)(C)C)NN)c1C. The van der Waals surface area contributed by atoms with Crippen LogP contribution in [0.1, 0.15) is 44.0 Å². The fraction of sp³-hybridized carbons (Fsp3) is 0.667. The van der Waals surface area contributed by atoms with Crippen molar-refractivity contribution in [2.75, 3.05) is 7.11 Å². The summed E-state index contributed by atoms with van der Waals surface area (Å²) in [4.78, 5) is 4.53. The molecule has 1 rings (SSSR count). The molecule has 1 heterocycles. The van der Waals surface area contributed by atoms with Crippen LogP contribution in [0, 0.1) is 19.3 Å². The average Bonchev–Trinajstić information content (AvgIpc) is 2.30. The number of nitrogens with one attached hydrogen (secondary N) is 1. The number of rotatable bonds is 5. The number of hydrazine groups is 1. The molecule has 0 aliphatic heterocycles. The van der Waals surface area contributed by atoms with E-state index in [1.165, 1.54) is 0 Å². The Hall–Kier alpha value is -1.13. The molecule has 0 saturated heterocycles. The summed E-state index contributed by atoms with van der Waals surface area (Å²) >= 11 is 0. The van der Waals surface area contributed by atoms with Crippen molar-refractivity contribution in [2.45, 2.75) is 53.5 Å². The van der Waals surface area contributed by atoms with Crippen LogP contribution in [0.5, 0.6) is 5.75 Å². The Kier molecular flexibility index (Phi) is 5.32. The molecule has 1 aromatic heterocycles. The van der Waals surface area contributed by atoms with Crippen LogP contribution in [-0.2, 0) is 6.42 Å². The second-order valence-electron chi connectivity index (χ2n) is 6.38. The van der Waals surface area contributed by atoms with E-state index in [2.05, 4.69) is 38.1 Å². The third-order valence-electron chi connectivity index (χ3n) is 3.28. The molecule has 108 valence electrons. The van der Waals surface area contributed by atoms with Crippen molar-refractivity contribution in [3.05, 3.63) is 23.0 Å². The van der Waals surface area contributed by atoms with E-state index >= 15 is 0 Å². The summed E-state index contributed by atoms with van der Waals surface area (Å²) < 4.78 is 5.44. The lowest BCUT2D eigenvalue weighted by atomic mass is 9.86. The lowest BCUT2D eigenvalue weighted by Gasteiger charge is -2.26. The highest BCUT2D eigenvalue weighted by Crippen LogP contribution is 2.27. The number of hydrogen-bond donors (Lipinski definition) is 2. The van der Waals surface area contributed by atoms with Crippen LogP contribution in [0.15, 0.2) is 6.20 Å². The van der Waals surface area contributed by atoms with E-state index in [1.807, 2.05) is 13.1 Å². The van der Waals surface area contributed by atoms with Crippen LogP contribution >= 0.6 is 0 Å². The van der Waals surface area contributed by atoms with Gasteiger partial charge in [-0.3, -0.25) is 16.3 Å². The molecule has 0 radical (unpaired) electrons. The van der Waals surface area contributed by atoms with Gasteiger partial charge in [0.25, 0.3) is 0 Å². The van der Waals surface area contributed by atoms with E-state index in [-0.39, 0.29) is 11.5 Å². The third kappa shape index (κ3) is 4.48. The van der Waals surface area contributed by atoms with Crippen LogP contribution < -0.4 is 16.0 Å². The van der Waals surface area contributed by atoms with Crippen molar-refractivity contribution in [2.24, 2.45) is 11.3 Å². The Labute approximate surface area is 116 Å². The first-order chi connectivity index (χ1) is 8.78. The molecule has 19 heavy (non-hydrogen) atoms. The Balaban J connectivity index is 2.92. The van der Waals surface area contributed by atoms with E-state index < -0.39 is 0 Å². The van der Waals surface area contributed by atoms with Crippen LogP contribution in [0.4, 0.5) is 0 Å². The number of aryl methyl sites for hydroxylation is 1. The Morgan fingerprint density at radius 2 is 2.00 bits per heavy atom. The summed E-state index contributed by atoms with van der Waals surface area (Å²) in [6.45, 7) is 10.7. The smallest absolute Gasteiger partial charge is 0.128 e. The summed E-state index contributed by atoms with van der Waals surface area (Å²) in [6.07, 6.45) is 3.68. The monoisotopic (exact) mass is 265 g/mol. The third-order valence-corrected chi connectivity index (χ3v) is 3.28. The zero-order valence-corrected chi connectivity index (χ0v) is 13.0. The molecule has 0 fully saturated rings. The van der Waals surface area contributed by atoms with Crippen LogP contribution in [0.25, 0.3) is 0 Å². The number of nitrogens with two attached hydrogens (primary N) is 1. The van der Waals surface area contributed by atoms with Crippen molar-refractivity contribution in [3.63, 3.8) is 0 Å². The second-order valence-corrected chi connectivity index (χ2v) is 6.38. The Morgan fingerprint density at radius 1 is 1.37 bits per heavy atom. The summed E-state index contributed by atoms with van der Waals surface area (Å²) in [6, 6.07) is 0.221. The average molecular weight is 265 g/mol. The molecule has 3 N–H and O–H groups in total. The van der Waals surface area contributed by atoms with Gasteiger partial charge in [0, 0.05) is 35.5 Å². The van der Waals surface area contributed by atoms with E-state index in [0.717, 1.165) is 35.4 Å². The van der Waals surface area contributed by atoms with Gasteiger partial charge in [0.05, 0.1) is 7.11 Å². The lowest BCUT2D eigenvalue weighted by Crippen LogP contribution is -2.39. The predicted molar refractivity (Wildman–Crippen MR) is 79.2 cm³/mol. The molecule has 0 amide bonds. The molecule has 4 heteroatoms. The van der Waals surface area contributed by atoms with Gasteiger partial charge in [-0.2, -0.15) is 0 Å². The quantitative estimate of drug-likeness (QED) is 0.634. The van der Waals surface area contributed by atoms with Gasteiger partial charge < -0.3 is 4.74 Å². The minimum atomic E-state index is 0.221. The molecule has 0 aliphatic rings. The predicted octanol–water partition coefficient (Wildman–Crippen LogP) is 2.52. The molecular formula is C15H27N3O. The van der Waals surface area contributed by atoms with Gasteiger partial charge in [-0.25, -0.2) is 0 Å². The standard InChI is InChI=1S/C15H27N3O/c1-10-9-17-13(11(2)14(10)19-6)7-12(18-16)8-15(3,4)5/h9,12,18H,7-8,16H2,1-6H3. The van der Waals surface area contributed by atoms with Crippen LogP contribution in [0.2, 0.25) is 0 Å². The minimum Gasteiger partial charge on any atom is -0.496 e. The van der Waals surface area contributed by atoms with Crippen LogP contribution in [-0.4, -0.2) is 18.1 Å². The maximum Gasteiger partial charge on any atom is 0.128 e. The summed E-state index contributed by atoms with van der Waals surface area (Å²) in [5, 5.41) is 0. The molecule has 4 nitrogen and oxygen atoms in total. The largest absolute Gasteiger partial charge is 0.496 e. The summed E-state index contributed by atoms with van der Waals surface area (Å²) in [7, 11) is 1.70. The maximum absolute atomic E-state index is 5.67. The Morgan fingerprint density at radius 3 is 2.47 bits per heavy atom. The number of nitrogens with zero attached hydrogens (tertiary/aromatic N) is 1. The van der Waals surface area contributed by atoms with Gasteiger partial charge in [-0.15, -0.1) is 0 Å². The number of ether oxygens (including phenoxy) is 1. The number of aromatic nitrogens is 1. The molecule has 0 aliphatic carbocycles. The van der Waals surface area contributed by atoms with E-state index in [0.29, 0.717) is 0 Å². The highest BCUT2D eigenvalue weighted by atomic mass is 16.5. The van der Waals surface area contributed by atoms with Gasteiger partial charge in [0.2, 0.25) is 0 Å². The van der Waals surface area contributed by atoms with Crippen molar-refractivity contribution in [3.8, 4) is 5.75 Å². The maximum atomic E-state index is 5.67. The molecular weight excluding hydrogens is 238 g/mol. The lowest BCUT2D eigenvalue weighted by molar-refractivity contribution is 0.307. The van der Waals surface area contributed by atoms with Crippen molar-refractivity contribution >= 4 is 0 Å². The zero-order valence-electron chi connectivity index (χ0n) is 13.0. The fourth-order valence-electron chi connectivity index (χ4n) is 2.44.